The van der Waals surface area contributed by atoms with Crippen molar-refractivity contribution in [1.29, 1.82) is 0 Å². The topological polar surface area (TPSA) is 58.6 Å². The smallest absolute Gasteiger partial charge is 0.261 e. The molecule has 3 rings (SSSR count). The van der Waals surface area contributed by atoms with Gasteiger partial charge in [-0.1, -0.05) is 93.6 Å². The lowest BCUT2D eigenvalue weighted by Gasteiger charge is -2.43. The van der Waals surface area contributed by atoms with E-state index in [-0.39, 0.29) is 5.04 Å². The fourth-order valence-corrected chi connectivity index (χ4v) is 8.76. The monoisotopic (exact) mass is 447 g/mol. The van der Waals surface area contributed by atoms with Crippen molar-refractivity contribution in [3.8, 4) is 5.75 Å². The molecule has 0 aliphatic heterocycles. The van der Waals surface area contributed by atoms with Gasteiger partial charge in [-0.2, -0.15) is 0 Å². The number of ether oxygens (including phenoxy) is 1. The first kappa shape index (κ1) is 23.8. The number of benzene rings is 3. The molecule has 4 nitrogen and oxygen atoms in total. The third-order valence-corrected chi connectivity index (χ3v) is 10.7. The van der Waals surface area contributed by atoms with Crippen LogP contribution in [0.1, 0.15) is 32.8 Å². The van der Waals surface area contributed by atoms with Crippen LogP contribution in [0.3, 0.4) is 0 Å². The van der Waals surface area contributed by atoms with Crippen molar-refractivity contribution in [3.05, 3.63) is 90.5 Å². The molecule has 0 unspecified atom stereocenters. The molecule has 3 aromatic carbocycles. The van der Waals surface area contributed by atoms with Crippen LogP contribution in [0.2, 0.25) is 5.04 Å². The number of carbonyl (C=O) groups is 1. The van der Waals surface area contributed by atoms with E-state index in [9.17, 15) is 9.90 Å². The molecule has 0 aliphatic carbocycles. The number of carboxylic acid groups (broad SMARTS) is 1. The van der Waals surface area contributed by atoms with Crippen molar-refractivity contribution in [2.45, 2.75) is 38.7 Å². The molecule has 0 radical (unpaired) electrons. The molecule has 0 bridgehead atoms. The standard InChI is InChI=1S/C27H32O4Si/c1-27(2,3)32(24-12-6-4-7-13-24,25-14-8-5-9-15-25)31-20-10-11-22-16-18-23(19-17-22)30-21-26(28)29/h4-9,12-19H,10-11,20-21H2,1-3H3,(H,28,29)/p-1. The Labute approximate surface area is 192 Å². The quantitative estimate of drug-likeness (QED) is 0.353. The van der Waals surface area contributed by atoms with Crippen LogP contribution in [0, 0.1) is 0 Å². The largest absolute Gasteiger partial charge is 0.546 e. The lowest BCUT2D eigenvalue weighted by Crippen LogP contribution is -2.66. The van der Waals surface area contributed by atoms with Gasteiger partial charge in [0.05, 0.1) is 5.97 Å². The third kappa shape index (κ3) is 5.67. The molecule has 0 heterocycles. The molecule has 0 spiro atoms. The van der Waals surface area contributed by atoms with E-state index in [1.54, 1.807) is 12.1 Å². The van der Waals surface area contributed by atoms with Gasteiger partial charge in [0.2, 0.25) is 0 Å². The highest BCUT2D eigenvalue weighted by molar-refractivity contribution is 6.99. The number of aryl methyl sites for hydroxylation is 1. The molecule has 3 aromatic rings. The van der Waals surface area contributed by atoms with Crippen LogP contribution in [0.4, 0.5) is 0 Å². The Morgan fingerprint density at radius 3 is 1.84 bits per heavy atom. The van der Waals surface area contributed by atoms with Gasteiger partial charge >= 0.3 is 0 Å². The van der Waals surface area contributed by atoms with Crippen molar-refractivity contribution in [2.75, 3.05) is 13.2 Å². The summed E-state index contributed by atoms with van der Waals surface area (Å²) in [6.07, 6.45) is 1.77. The second-order valence-electron chi connectivity index (χ2n) is 8.92. The molecule has 168 valence electrons. The van der Waals surface area contributed by atoms with Crippen molar-refractivity contribution in [1.82, 2.24) is 0 Å². The average Bonchev–Trinajstić information content (AvgIpc) is 2.79. The van der Waals surface area contributed by atoms with E-state index >= 15 is 0 Å². The highest BCUT2D eigenvalue weighted by Crippen LogP contribution is 2.36. The van der Waals surface area contributed by atoms with Gasteiger partial charge in [-0.3, -0.25) is 0 Å². The van der Waals surface area contributed by atoms with Crippen molar-refractivity contribution < 1.29 is 19.1 Å². The minimum atomic E-state index is -2.50. The van der Waals surface area contributed by atoms with Gasteiger partial charge in [-0.25, -0.2) is 0 Å². The highest BCUT2D eigenvalue weighted by Gasteiger charge is 2.49. The predicted molar refractivity (Wildman–Crippen MR) is 129 cm³/mol. The van der Waals surface area contributed by atoms with Crippen LogP contribution in [0.25, 0.3) is 0 Å². The van der Waals surface area contributed by atoms with Crippen LogP contribution in [0.5, 0.6) is 5.75 Å². The van der Waals surface area contributed by atoms with E-state index < -0.39 is 20.9 Å². The van der Waals surface area contributed by atoms with Gasteiger partial charge in [0.25, 0.3) is 8.32 Å². The van der Waals surface area contributed by atoms with Gasteiger partial charge in [-0.15, -0.1) is 0 Å². The van der Waals surface area contributed by atoms with Crippen LogP contribution in [-0.4, -0.2) is 27.5 Å². The number of carbonyl (C=O) groups excluding carboxylic acids is 1. The molecule has 0 aromatic heterocycles. The summed E-state index contributed by atoms with van der Waals surface area (Å²) in [5.74, 6) is -0.698. The molecule has 0 fully saturated rings. The highest BCUT2D eigenvalue weighted by atomic mass is 28.4. The minimum Gasteiger partial charge on any atom is -0.546 e. The van der Waals surface area contributed by atoms with E-state index in [1.807, 2.05) is 12.1 Å². The van der Waals surface area contributed by atoms with Gasteiger partial charge in [-0.05, 0) is 45.9 Å². The van der Waals surface area contributed by atoms with E-state index in [4.69, 9.17) is 9.16 Å². The maximum atomic E-state index is 10.5. The predicted octanol–water partition coefficient (Wildman–Crippen LogP) is 3.32. The molecule has 0 aliphatic rings. The first-order valence-electron chi connectivity index (χ1n) is 11.0. The SMILES string of the molecule is CC(C)(C)[Si](OCCCc1ccc(OCC(=O)[O-])cc1)(c1ccccc1)c1ccccc1. The van der Waals surface area contributed by atoms with Crippen LogP contribution < -0.4 is 20.2 Å². The van der Waals surface area contributed by atoms with Crippen molar-refractivity contribution >= 4 is 24.7 Å². The maximum Gasteiger partial charge on any atom is 0.261 e. The zero-order valence-electron chi connectivity index (χ0n) is 19.0. The summed E-state index contributed by atoms with van der Waals surface area (Å²) >= 11 is 0. The number of hydrogen-bond acceptors (Lipinski definition) is 4. The molecule has 0 saturated carbocycles. The first-order valence-corrected chi connectivity index (χ1v) is 12.9. The lowest BCUT2D eigenvalue weighted by molar-refractivity contribution is -0.307. The minimum absolute atomic E-state index is 0.0340. The van der Waals surface area contributed by atoms with Gasteiger partial charge in [0, 0.05) is 6.61 Å². The Morgan fingerprint density at radius 1 is 0.844 bits per heavy atom. The summed E-state index contributed by atoms with van der Waals surface area (Å²) < 4.78 is 12.1. The normalized spacial score (nSPS) is 11.8. The zero-order valence-corrected chi connectivity index (χ0v) is 20.0. The van der Waals surface area contributed by atoms with Crippen molar-refractivity contribution in [2.24, 2.45) is 0 Å². The number of aliphatic carboxylic acids is 1. The number of carboxylic acids is 1. The Balaban J connectivity index is 1.73. The molecule has 0 saturated heterocycles. The van der Waals surface area contributed by atoms with Crippen molar-refractivity contribution in [3.63, 3.8) is 0 Å². The van der Waals surface area contributed by atoms with Crippen LogP contribution in [0.15, 0.2) is 84.9 Å². The summed E-state index contributed by atoms with van der Waals surface area (Å²) in [6, 6.07) is 28.8. The fraction of sp³-hybridized carbons (Fsp3) is 0.296. The van der Waals surface area contributed by atoms with Crippen LogP contribution in [-0.2, 0) is 15.6 Å². The first-order chi connectivity index (χ1) is 15.3. The van der Waals surface area contributed by atoms with Gasteiger partial charge < -0.3 is 19.1 Å². The zero-order chi connectivity index (χ0) is 23.0. The van der Waals surface area contributed by atoms with E-state index in [1.165, 1.54) is 10.4 Å². The van der Waals surface area contributed by atoms with Crippen LogP contribution >= 0.6 is 0 Å². The van der Waals surface area contributed by atoms with E-state index in [0.29, 0.717) is 12.4 Å². The maximum absolute atomic E-state index is 10.5. The summed E-state index contributed by atoms with van der Waals surface area (Å²) in [7, 11) is -2.50. The Bertz CT molecular complexity index is 940. The van der Waals surface area contributed by atoms with Gasteiger partial charge in [0.1, 0.15) is 12.4 Å². The summed E-state index contributed by atoms with van der Waals surface area (Å²) in [6.45, 7) is 7.07. The van der Waals surface area contributed by atoms with E-state index in [2.05, 4.69) is 81.4 Å². The molecule has 0 atom stereocenters. The molecule has 5 heteroatoms. The summed E-state index contributed by atoms with van der Waals surface area (Å²) in [5.41, 5.74) is 1.16. The van der Waals surface area contributed by atoms with E-state index in [0.717, 1.165) is 18.4 Å². The Hall–Kier alpha value is -2.89. The Morgan fingerprint density at radius 2 is 1.38 bits per heavy atom. The molecule has 32 heavy (non-hydrogen) atoms. The molecular formula is C27H31O4Si-. The Kier molecular flexibility index (Phi) is 7.88. The fourth-order valence-electron chi connectivity index (χ4n) is 4.16. The average molecular weight is 448 g/mol. The summed E-state index contributed by atoms with van der Waals surface area (Å²) in [5, 5.41) is 13.1. The molecule has 0 N–H and O–H groups in total. The molecule has 0 amide bonds. The number of hydrogen-bond donors (Lipinski definition) is 0. The second kappa shape index (κ2) is 10.6. The van der Waals surface area contributed by atoms with Gasteiger partial charge in [0.15, 0.2) is 0 Å². The lowest BCUT2D eigenvalue weighted by atomic mass is 10.1. The second-order valence-corrected chi connectivity index (χ2v) is 13.2. The third-order valence-electron chi connectivity index (χ3n) is 5.63. The number of rotatable bonds is 10. The summed E-state index contributed by atoms with van der Waals surface area (Å²) in [4.78, 5) is 10.5. The molecular weight excluding hydrogens is 416 g/mol.